The molecule has 1 N–H and O–H groups in total. The van der Waals surface area contributed by atoms with E-state index in [-0.39, 0.29) is 23.7 Å². The van der Waals surface area contributed by atoms with Crippen LogP contribution in [0.5, 0.6) is 0 Å². The third-order valence-corrected chi connectivity index (χ3v) is 4.49. The highest BCUT2D eigenvalue weighted by Crippen LogP contribution is 2.46. The van der Waals surface area contributed by atoms with E-state index in [0.717, 1.165) is 18.4 Å². The Morgan fingerprint density at radius 1 is 1.43 bits per heavy atom. The van der Waals surface area contributed by atoms with Gasteiger partial charge in [0.15, 0.2) is 0 Å². The topological polar surface area (TPSA) is 41.6 Å². The summed E-state index contributed by atoms with van der Waals surface area (Å²) in [5.41, 5.74) is 0.746. The molecule has 1 heterocycles. The molecular formula is C16H21ClN2O2. The lowest BCUT2D eigenvalue weighted by Crippen LogP contribution is -2.37. The molecule has 1 aliphatic heterocycles. The standard InChI is InChI=1S/C16H21ClN2O2/c1-3-21-11(2)10-19-14(12-4-6-13(17)7-5-12)18-16(8-9-16)15(19)20/h4-7,11,14,18H,3,8-10H2,1-2H3. The SMILES string of the molecule is CCOC(C)CN1C(=O)C2(CC2)NC1c1ccc(Cl)cc1. The molecule has 0 bridgehead atoms. The first-order chi connectivity index (χ1) is 10.1. The Bertz CT molecular complexity index is 528. The number of hydrogen-bond donors (Lipinski definition) is 1. The van der Waals surface area contributed by atoms with E-state index in [2.05, 4.69) is 5.32 Å². The van der Waals surface area contributed by atoms with Crippen LogP contribution in [0.15, 0.2) is 24.3 Å². The van der Waals surface area contributed by atoms with Crippen molar-refractivity contribution in [3.8, 4) is 0 Å². The Balaban J connectivity index is 1.82. The smallest absolute Gasteiger partial charge is 0.244 e. The fraction of sp³-hybridized carbons (Fsp3) is 0.562. The van der Waals surface area contributed by atoms with Gasteiger partial charge in [0.25, 0.3) is 0 Å². The Hall–Kier alpha value is -1.10. The van der Waals surface area contributed by atoms with Gasteiger partial charge in [-0.05, 0) is 44.4 Å². The summed E-state index contributed by atoms with van der Waals surface area (Å²) in [7, 11) is 0. The van der Waals surface area contributed by atoms with Gasteiger partial charge in [-0.2, -0.15) is 0 Å². The molecule has 1 spiro atoms. The van der Waals surface area contributed by atoms with E-state index >= 15 is 0 Å². The molecule has 2 fully saturated rings. The van der Waals surface area contributed by atoms with Crippen LogP contribution >= 0.6 is 11.6 Å². The summed E-state index contributed by atoms with van der Waals surface area (Å²) in [5.74, 6) is 0.203. The molecule has 0 radical (unpaired) electrons. The van der Waals surface area contributed by atoms with Crippen molar-refractivity contribution < 1.29 is 9.53 Å². The average molecular weight is 309 g/mol. The van der Waals surface area contributed by atoms with Crippen molar-refractivity contribution in [2.75, 3.05) is 13.2 Å². The van der Waals surface area contributed by atoms with Crippen LogP contribution in [0.4, 0.5) is 0 Å². The summed E-state index contributed by atoms with van der Waals surface area (Å²) in [6, 6.07) is 7.69. The van der Waals surface area contributed by atoms with E-state index in [1.165, 1.54) is 0 Å². The molecule has 2 atom stereocenters. The minimum Gasteiger partial charge on any atom is -0.377 e. The molecule has 2 unspecified atom stereocenters. The molecule has 1 aromatic carbocycles. The molecule has 0 aromatic heterocycles. The molecule has 1 aliphatic carbocycles. The number of benzene rings is 1. The van der Waals surface area contributed by atoms with Crippen LogP contribution in [0.25, 0.3) is 0 Å². The highest BCUT2D eigenvalue weighted by atomic mass is 35.5. The quantitative estimate of drug-likeness (QED) is 0.909. The summed E-state index contributed by atoms with van der Waals surface area (Å²) >= 11 is 5.96. The van der Waals surface area contributed by atoms with Crippen LogP contribution in [0.1, 0.15) is 38.4 Å². The molecule has 1 saturated carbocycles. The molecule has 4 nitrogen and oxygen atoms in total. The number of hydrogen-bond acceptors (Lipinski definition) is 3. The van der Waals surface area contributed by atoms with Gasteiger partial charge in [-0.3, -0.25) is 10.1 Å². The lowest BCUT2D eigenvalue weighted by molar-refractivity contribution is -0.132. The summed E-state index contributed by atoms with van der Waals surface area (Å²) in [5, 5.41) is 4.21. The van der Waals surface area contributed by atoms with Crippen LogP contribution in [0, 0.1) is 0 Å². The van der Waals surface area contributed by atoms with Gasteiger partial charge >= 0.3 is 0 Å². The normalized spacial score (nSPS) is 24.6. The summed E-state index contributed by atoms with van der Waals surface area (Å²) < 4.78 is 5.60. The van der Waals surface area contributed by atoms with Gasteiger partial charge in [0, 0.05) is 18.2 Å². The van der Waals surface area contributed by atoms with Crippen LogP contribution in [-0.4, -0.2) is 35.6 Å². The van der Waals surface area contributed by atoms with E-state index in [0.29, 0.717) is 18.2 Å². The van der Waals surface area contributed by atoms with E-state index in [1.807, 2.05) is 43.0 Å². The first kappa shape index (κ1) is 14.8. The van der Waals surface area contributed by atoms with Gasteiger partial charge in [0.2, 0.25) is 5.91 Å². The Morgan fingerprint density at radius 2 is 2.10 bits per heavy atom. The van der Waals surface area contributed by atoms with Gasteiger partial charge in [-0.15, -0.1) is 0 Å². The van der Waals surface area contributed by atoms with E-state index in [4.69, 9.17) is 16.3 Å². The largest absolute Gasteiger partial charge is 0.377 e. The predicted octanol–water partition coefficient (Wildman–Crippen LogP) is 2.73. The molecule has 2 aliphatic rings. The van der Waals surface area contributed by atoms with E-state index in [9.17, 15) is 4.79 Å². The summed E-state index contributed by atoms with van der Waals surface area (Å²) in [4.78, 5) is 14.6. The Kier molecular flexibility index (Phi) is 3.95. The van der Waals surface area contributed by atoms with Gasteiger partial charge in [-0.1, -0.05) is 23.7 Å². The van der Waals surface area contributed by atoms with Crippen molar-refractivity contribution in [3.05, 3.63) is 34.9 Å². The highest BCUT2D eigenvalue weighted by molar-refractivity contribution is 6.30. The molecule has 1 aromatic rings. The van der Waals surface area contributed by atoms with Crippen molar-refractivity contribution in [3.63, 3.8) is 0 Å². The van der Waals surface area contributed by atoms with E-state index < -0.39 is 0 Å². The molecule has 3 rings (SSSR count). The number of nitrogens with zero attached hydrogens (tertiary/aromatic N) is 1. The maximum Gasteiger partial charge on any atom is 0.244 e. The van der Waals surface area contributed by atoms with Gasteiger partial charge < -0.3 is 9.64 Å². The average Bonchev–Trinajstić information content (AvgIpc) is 3.19. The summed E-state index contributed by atoms with van der Waals surface area (Å²) in [6.07, 6.45) is 1.80. The second-order valence-corrected chi connectivity index (χ2v) is 6.34. The Morgan fingerprint density at radius 3 is 2.67 bits per heavy atom. The second-order valence-electron chi connectivity index (χ2n) is 5.90. The van der Waals surface area contributed by atoms with Crippen LogP contribution in [0.2, 0.25) is 5.02 Å². The molecule has 1 amide bonds. The number of carbonyl (C=O) groups excluding carboxylic acids is 1. The third kappa shape index (κ3) is 2.80. The summed E-state index contributed by atoms with van der Waals surface area (Å²) in [6.45, 7) is 5.25. The zero-order valence-corrected chi connectivity index (χ0v) is 13.2. The first-order valence-electron chi connectivity index (χ1n) is 7.51. The fourth-order valence-corrected chi connectivity index (χ4v) is 3.11. The lowest BCUT2D eigenvalue weighted by Gasteiger charge is -2.27. The van der Waals surface area contributed by atoms with Gasteiger partial charge in [-0.25, -0.2) is 0 Å². The maximum atomic E-state index is 12.7. The number of halogens is 1. The fourth-order valence-electron chi connectivity index (χ4n) is 2.99. The number of amides is 1. The van der Waals surface area contributed by atoms with Gasteiger partial charge in [0.1, 0.15) is 11.7 Å². The number of ether oxygens (including phenoxy) is 1. The van der Waals surface area contributed by atoms with Crippen LogP contribution in [-0.2, 0) is 9.53 Å². The Labute approximate surface area is 130 Å². The molecule has 5 heteroatoms. The molecular weight excluding hydrogens is 288 g/mol. The minimum absolute atomic E-state index is 0.0319. The first-order valence-corrected chi connectivity index (χ1v) is 7.89. The van der Waals surface area contributed by atoms with Crippen molar-refractivity contribution in [1.82, 2.24) is 10.2 Å². The van der Waals surface area contributed by atoms with Crippen molar-refractivity contribution >= 4 is 17.5 Å². The van der Waals surface area contributed by atoms with Crippen molar-refractivity contribution in [2.24, 2.45) is 0 Å². The monoisotopic (exact) mass is 308 g/mol. The number of nitrogens with one attached hydrogen (secondary N) is 1. The maximum absolute atomic E-state index is 12.7. The zero-order valence-electron chi connectivity index (χ0n) is 12.4. The van der Waals surface area contributed by atoms with Crippen LogP contribution in [0.3, 0.4) is 0 Å². The molecule has 21 heavy (non-hydrogen) atoms. The molecule has 114 valence electrons. The second kappa shape index (κ2) is 5.59. The van der Waals surface area contributed by atoms with Crippen LogP contribution < -0.4 is 5.32 Å². The van der Waals surface area contributed by atoms with Crippen molar-refractivity contribution in [1.29, 1.82) is 0 Å². The lowest BCUT2D eigenvalue weighted by atomic mass is 10.1. The zero-order chi connectivity index (χ0) is 15.0. The number of rotatable bonds is 5. The number of carbonyl (C=O) groups is 1. The highest BCUT2D eigenvalue weighted by Gasteiger charge is 2.59. The van der Waals surface area contributed by atoms with E-state index in [1.54, 1.807) is 0 Å². The predicted molar refractivity (Wildman–Crippen MR) is 82.1 cm³/mol. The third-order valence-electron chi connectivity index (χ3n) is 4.24. The molecule has 1 saturated heterocycles. The van der Waals surface area contributed by atoms with Crippen molar-refractivity contribution in [2.45, 2.75) is 44.5 Å². The van der Waals surface area contributed by atoms with Gasteiger partial charge in [0.05, 0.1) is 6.10 Å². The minimum atomic E-state index is -0.323.